The largest absolute Gasteiger partial charge is 1.00 e. The number of fused-ring (bicyclic) bond motifs is 2. The van der Waals surface area contributed by atoms with Gasteiger partial charge < -0.3 is 66.3 Å². The van der Waals surface area contributed by atoms with Gasteiger partial charge in [0.25, 0.3) is 11.8 Å². The van der Waals surface area contributed by atoms with Crippen LogP contribution in [0.15, 0.2) is 109 Å². The SMILES string of the molecule is C.C.C.CO.COC(=O)[C@H](Cc1ccc(-c2c(Cl)cc(F)cc2Cl)c2c1CCCO2)NC(=O)c1c(F)cc(NS(C)(=O)=O)cc1F.COC(=O)c1c(F)cc(N)cc1F.COC(=O)c1c(F)cc(NS(C)(=O)=O)cc1F.CS(=O)(=O)Cl.CS(=O)(=O)Nc1cc(F)c(C(=O)N[C@@H](Cc2ccc(-c3c(Cl)cc(F)cc3Cl)c3c2CCCO3)C(=O)O)c(F)c1.CS(=O)(=O)Nc1cc(F)c(C(=O)O)c(F)c1.[Li+].[Na+].[OH-].[OH-]. The second-order valence-electron chi connectivity index (χ2n) is 27.5. The molecule has 0 unspecified atom stereocenters. The molecule has 2 atom stereocenters. The maximum Gasteiger partial charge on any atom is 1.00 e. The number of nitrogens with two attached hydrogens (primary N) is 1. The van der Waals surface area contributed by atoms with Gasteiger partial charge in [-0.2, -0.15) is 0 Å². The second-order valence-corrected chi connectivity index (χ2v) is 39.1. The molecule has 58 heteroatoms. The molecule has 13 N–H and O–H groups in total. The number of ether oxygens (including phenoxy) is 5. The van der Waals surface area contributed by atoms with E-state index < -0.39 is 212 Å². The van der Waals surface area contributed by atoms with E-state index in [0.717, 1.165) is 96.1 Å². The summed E-state index contributed by atoms with van der Waals surface area (Å²) in [7, 11) is -9.59. The molecule has 2 aliphatic heterocycles. The number of methoxy groups -OCH3 is 3. The van der Waals surface area contributed by atoms with Crippen LogP contribution in [0.2, 0.25) is 20.1 Å². The standard InChI is InChI=1S/C27H23Cl2F3N2O6S.C26H21Cl2F3N2O6S.C9H9F2NO4S.C8H7F2NO4S.C8H7F2NO2.CH3ClO2S.CH4O.3CH4.Li.Na.2H2O/c1-39-27(36)22(33-26(35)24-20(31)11-15(12-21(24)32)34-41(2,37)38)8-13-5-6-17(25-16(13)4-3-7-40-25)23-18(28)9-14(30)10-19(23)29;1-40(37,38)33-14-10-19(30)23(20(31)11-14)25(34)32-21(26(35)36)7-12-4-5-16(24-15(12)3-2-6-39-24)22-17(27)8-13(29)9-18(22)28;1-16-9(13)8-6(10)3-5(4-7(8)11)12-17(2,14)15;1-16(14,15)11-4-2-5(9)7(8(12)13)6(10)3-4;1-13-8(12)7-5(9)2-4(11)3-6(7)10;1-5(2,3)4;1-2;;;;;;;/h5-6,9-12,22,34H,3-4,7-8H2,1-2H3,(H,33,35);4-5,8-11,21,33H,2-3,6-7H2,1H3,(H,32,34)(H,35,36);3-4,12H,1-2H3;2-3,11H,1H3,(H,12,13);2-3H,11H2,1H3;1H3;2H,1H3;3*1H4;;;2*1H2/q;;;;;;;;;;2*+1;;/p-2/t22-;21-;;;;;;;;;;;;/m00............/s1. The Labute approximate surface area is 860 Å². The molecule has 0 radical (unpaired) electrons. The van der Waals surface area contributed by atoms with Crippen molar-refractivity contribution in [3.05, 3.63) is 249 Å². The molecular formula is C83H88Cl5F12LiN7NaO27S5. The van der Waals surface area contributed by atoms with Crippen molar-refractivity contribution in [3.8, 4) is 33.8 Å². The van der Waals surface area contributed by atoms with E-state index in [2.05, 4.69) is 30.8 Å². The quantitative estimate of drug-likeness (QED) is 0.00711. The first kappa shape index (κ1) is 135. The van der Waals surface area contributed by atoms with Crippen LogP contribution >= 0.6 is 57.1 Å². The molecule has 0 aliphatic carbocycles. The van der Waals surface area contributed by atoms with Gasteiger partial charge in [0, 0.05) is 58.6 Å². The van der Waals surface area contributed by atoms with E-state index >= 15 is 0 Å². The third-order valence-electron chi connectivity index (χ3n) is 17.0. The van der Waals surface area contributed by atoms with Gasteiger partial charge in [-0.25, -0.2) is 119 Å². The molecule has 0 aromatic heterocycles. The average molecular weight is 2210 g/mol. The van der Waals surface area contributed by atoms with Crippen LogP contribution in [-0.2, 0) is 98.6 Å². The Morgan fingerprint density at radius 1 is 0.418 bits per heavy atom. The number of hydrogen-bond donors (Lipinski definition) is 10. The van der Waals surface area contributed by atoms with Crippen LogP contribution in [0.4, 0.5) is 81.1 Å². The molecule has 11 rings (SSSR count). The fourth-order valence-corrected chi connectivity index (χ4v) is 15.6. The van der Waals surface area contributed by atoms with Gasteiger partial charge in [-0.15, -0.1) is 0 Å². The van der Waals surface area contributed by atoms with Crippen LogP contribution in [0, 0.1) is 69.8 Å². The van der Waals surface area contributed by atoms with E-state index in [9.17, 15) is 133 Å². The Balaban J connectivity index is -0.00000175. The number of nitrogen functional groups attached to an aromatic ring is 1. The van der Waals surface area contributed by atoms with Crippen molar-refractivity contribution in [3.63, 3.8) is 0 Å². The number of amides is 2. The minimum absolute atomic E-state index is 0. The zero-order valence-electron chi connectivity index (χ0n) is 73.0. The van der Waals surface area contributed by atoms with E-state index in [1.165, 1.54) is 0 Å². The third kappa shape index (κ3) is 40.8. The summed E-state index contributed by atoms with van der Waals surface area (Å²) < 4.78 is 305. The van der Waals surface area contributed by atoms with Gasteiger partial charge in [0.15, 0.2) is 0 Å². The Hall–Kier alpha value is -10.3. The smallest absolute Gasteiger partial charge is 0.870 e. The molecule has 141 heavy (non-hydrogen) atoms. The number of carbonyl (C=O) groups excluding carboxylic acids is 5. The van der Waals surface area contributed by atoms with Crippen molar-refractivity contribution in [1.82, 2.24) is 10.6 Å². The third-order valence-corrected chi connectivity index (χ3v) is 20.7. The van der Waals surface area contributed by atoms with Crippen LogP contribution in [0.25, 0.3) is 22.3 Å². The van der Waals surface area contributed by atoms with Gasteiger partial charge in [0.2, 0.25) is 49.1 Å². The summed E-state index contributed by atoms with van der Waals surface area (Å²) in [6, 6.07) is 14.7. The molecule has 2 aliphatic rings. The first-order valence-corrected chi connectivity index (χ1v) is 48.5. The van der Waals surface area contributed by atoms with Crippen LogP contribution in [0.3, 0.4) is 0 Å². The molecule has 34 nitrogen and oxygen atoms in total. The topological polar surface area (TPSA) is 555 Å². The van der Waals surface area contributed by atoms with Crippen LogP contribution < -0.4 is 93.1 Å². The Bertz CT molecular complexity index is 6510. The van der Waals surface area contributed by atoms with E-state index in [4.69, 9.17) is 76.6 Å². The van der Waals surface area contributed by atoms with Gasteiger partial charge in [-0.3, -0.25) is 28.5 Å². The maximum absolute atomic E-state index is 14.7. The molecule has 9 aromatic carbocycles. The predicted molar refractivity (Wildman–Crippen MR) is 494 cm³/mol. The van der Waals surface area contributed by atoms with Crippen molar-refractivity contribution in [1.29, 1.82) is 0 Å². The summed E-state index contributed by atoms with van der Waals surface area (Å²) in [6.07, 6.45) is 5.96. The molecule has 0 saturated carbocycles. The van der Waals surface area contributed by atoms with Crippen molar-refractivity contribution in [2.75, 3.05) is 97.6 Å². The molecule has 0 spiro atoms. The van der Waals surface area contributed by atoms with E-state index in [0.29, 0.717) is 143 Å². The molecule has 2 heterocycles. The number of nitrogens with one attached hydrogen (secondary N) is 6. The molecule has 0 bridgehead atoms. The second kappa shape index (κ2) is 58.5. The Kier molecular flexibility index (Phi) is 55.9. The number of carboxylic acids is 2. The van der Waals surface area contributed by atoms with E-state index in [1.807, 2.05) is 18.9 Å². The minimum Gasteiger partial charge on any atom is -0.870 e. The molecule has 9 aromatic rings. The van der Waals surface area contributed by atoms with Crippen molar-refractivity contribution in [2.45, 2.75) is 72.9 Å². The van der Waals surface area contributed by atoms with Gasteiger partial charge in [0.1, 0.15) is 121 Å². The summed E-state index contributed by atoms with van der Waals surface area (Å²) in [5.41, 5.74) is 2.71. The normalized spacial score (nSPS) is 11.8. The van der Waals surface area contributed by atoms with E-state index in [1.54, 1.807) is 24.3 Å². The number of hydrogen-bond acceptors (Lipinski definition) is 26. The molecular weight excluding hydrogens is 2120 g/mol. The van der Waals surface area contributed by atoms with Gasteiger partial charge in [-0.05, 0) is 133 Å². The average Bonchev–Trinajstić information content (AvgIpc) is 0.768. The Morgan fingerprint density at radius 2 is 0.667 bits per heavy atom. The number of halogens is 17. The summed E-state index contributed by atoms with van der Waals surface area (Å²) in [5.74, 6) is -22.0. The minimum atomic E-state index is -3.85. The number of aliphatic hydroxyl groups is 1. The zero-order chi connectivity index (χ0) is 102. The number of benzene rings is 9. The maximum atomic E-state index is 14.7. The van der Waals surface area contributed by atoms with Crippen LogP contribution in [0.5, 0.6) is 11.5 Å². The number of aliphatic hydroxyl groups excluding tert-OH is 1. The zero-order valence-corrected chi connectivity index (χ0v) is 82.8. The van der Waals surface area contributed by atoms with Crippen molar-refractivity contribution in [2.24, 2.45) is 0 Å². The molecule has 2 amide bonds. The number of aromatic carboxylic acids is 1. The van der Waals surface area contributed by atoms with Crippen molar-refractivity contribution >= 4 is 176 Å². The fraction of sp³-hybridized carbons (Fsp3) is 0.265. The first-order chi connectivity index (χ1) is 62.0. The monoisotopic (exact) mass is 2210 g/mol. The van der Waals surface area contributed by atoms with Crippen molar-refractivity contribution < 1.29 is 227 Å². The number of carbonyl (C=O) groups is 7. The van der Waals surface area contributed by atoms with E-state index in [-0.39, 0.29) is 132 Å². The molecule has 0 fully saturated rings. The molecule has 0 saturated heterocycles. The number of rotatable bonds is 23. The summed E-state index contributed by atoms with van der Waals surface area (Å²) in [4.78, 5) is 82.6. The summed E-state index contributed by atoms with van der Waals surface area (Å²) in [5, 5.41) is 29.9. The van der Waals surface area contributed by atoms with Gasteiger partial charge >= 0.3 is 78.3 Å². The summed E-state index contributed by atoms with van der Waals surface area (Å²) in [6.45, 7) is 0.724. The number of anilines is 5. The predicted octanol–water partition coefficient (Wildman–Crippen LogP) is 9.34. The van der Waals surface area contributed by atoms with Crippen LogP contribution in [0.1, 0.15) is 109 Å². The number of sulfonamides is 4. The first-order valence-electron chi connectivity index (χ1n) is 36.7. The summed E-state index contributed by atoms with van der Waals surface area (Å²) >= 11 is 25.1. The Morgan fingerprint density at radius 3 is 0.915 bits per heavy atom. The number of esters is 3. The molecule has 768 valence electrons. The fourth-order valence-electron chi connectivity index (χ4n) is 12.1. The van der Waals surface area contributed by atoms with Crippen LogP contribution in [-0.4, -0.2) is 195 Å². The van der Waals surface area contributed by atoms with Gasteiger partial charge in [0.05, 0.1) is 109 Å². The number of carboxylic acid groups (broad SMARTS) is 2. The van der Waals surface area contributed by atoms with Gasteiger partial charge in [-0.1, -0.05) is 92.9 Å². The number of aliphatic carboxylic acids is 1.